The van der Waals surface area contributed by atoms with Crippen molar-refractivity contribution in [3.8, 4) is 5.75 Å². The Kier molecular flexibility index (Phi) is 5.82. The molecule has 2 aromatic carbocycles. The zero-order chi connectivity index (χ0) is 15.1. The normalized spacial score (nSPS) is 12.1. The van der Waals surface area contributed by atoms with Crippen LogP contribution in [0.2, 0.25) is 0 Å². The molecular weight excluding hydrogens is 258 g/mol. The van der Waals surface area contributed by atoms with Gasteiger partial charge in [0.05, 0.1) is 7.11 Å². The lowest BCUT2D eigenvalue weighted by Crippen LogP contribution is -2.14. The van der Waals surface area contributed by atoms with Crippen molar-refractivity contribution in [2.45, 2.75) is 32.1 Å². The molecule has 0 heterocycles. The van der Waals surface area contributed by atoms with Gasteiger partial charge in [0.2, 0.25) is 0 Å². The third-order valence-corrected chi connectivity index (χ3v) is 3.97. The van der Waals surface area contributed by atoms with Crippen LogP contribution in [0.15, 0.2) is 48.5 Å². The highest BCUT2D eigenvalue weighted by molar-refractivity contribution is 5.39. The topological polar surface area (TPSA) is 35.2 Å². The van der Waals surface area contributed by atoms with Crippen LogP contribution in [-0.4, -0.2) is 13.7 Å². The summed E-state index contributed by atoms with van der Waals surface area (Å²) in [5, 5.41) is 0. The SMILES string of the molecule is COc1ccc(C)cc1C(CN)CCCc1ccccc1. The summed E-state index contributed by atoms with van der Waals surface area (Å²) in [5.41, 5.74) is 9.90. The van der Waals surface area contributed by atoms with Gasteiger partial charge < -0.3 is 10.5 Å². The van der Waals surface area contributed by atoms with Gasteiger partial charge in [0, 0.05) is 0 Å². The molecule has 0 saturated carbocycles. The molecule has 112 valence electrons. The lowest BCUT2D eigenvalue weighted by atomic mass is 9.91. The second-order valence-corrected chi connectivity index (χ2v) is 5.56. The molecule has 0 amide bonds. The number of benzene rings is 2. The van der Waals surface area contributed by atoms with Gasteiger partial charge in [0.25, 0.3) is 0 Å². The molecule has 0 aromatic heterocycles. The molecular formula is C19H25NO. The van der Waals surface area contributed by atoms with Gasteiger partial charge in [-0.05, 0) is 55.8 Å². The quantitative estimate of drug-likeness (QED) is 0.831. The minimum absolute atomic E-state index is 0.364. The van der Waals surface area contributed by atoms with Gasteiger partial charge in [-0.1, -0.05) is 48.0 Å². The van der Waals surface area contributed by atoms with E-state index in [2.05, 4.69) is 49.4 Å². The predicted octanol–water partition coefficient (Wildman–Crippen LogP) is 4.07. The molecule has 0 fully saturated rings. The summed E-state index contributed by atoms with van der Waals surface area (Å²) in [6, 6.07) is 17.0. The second-order valence-electron chi connectivity index (χ2n) is 5.56. The number of methoxy groups -OCH3 is 1. The number of ether oxygens (including phenoxy) is 1. The van der Waals surface area contributed by atoms with Crippen LogP contribution in [-0.2, 0) is 6.42 Å². The molecule has 2 N–H and O–H groups in total. The van der Waals surface area contributed by atoms with Crippen molar-refractivity contribution < 1.29 is 4.74 Å². The molecule has 0 saturated heterocycles. The highest BCUT2D eigenvalue weighted by Gasteiger charge is 2.14. The maximum Gasteiger partial charge on any atom is 0.122 e. The van der Waals surface area contributed by atoms with Gasteiger partial charge in [0.1, 0.15) is 5.75 Å². The fraction of sp³-hybridized carbons (Fsp3) is 0.368. The number of aryl methyl sites for hydroxylation is 2. The Morgan fingerprint density at radius 1 is 1.10 bits per heavy atom. The molecule has 0 aliphatic heterocycles. The van der Waals surface area contributed by atoms with Gasteiger partial charge in [-0.2, -0.15) is 0 Å². The van der Waals surface area contributed by atoms with Gasteiger partial charge in [-0.25, -0.2) is 0 Å². The van der Waals surface area contributed by atoms with Crippen LogP contribution < -0.4 is 10.5 Å². The van der Waals surface area contributed by atoms with Crippen molar-refractivity contribution >= 4 is 0 Å². The lowest BCUT2D eigenvalue weighted by molar-refractivity contribution is 0.403. The van der Waals surface area contributed by atoms with Crippen molar-refractivity contribution in [3.05, 3.63) is 65.2 Å². The zero-order valence-electron chi connectivity index (χ0n) is 13.0. The van der Waals surface area contributed by atoms with Crippen molar-refractivity contribution in [1.82, 2.24) is 0 Å². The molecule has 0 radical (unpaired) electrons. The van der Waals surface area contributed by atoms with Crippen molar-refractivity contribution in [1.29, 1.82) is 0 Å². The molecule has 1 atom stereocenters. The molecule has 0 aliphatic rings. The molecule has 0 aliphatic carbocycles. The summed E-state index contributed by atoms with van der Waals surface area (Å²) < 4.78 is 5.49. The van der Waals surface area contributed by atoms with Crippen molar-refractivity contribution in [2.75, 3.05) is 13.7 Å². The first-order valence-electron chi connectivity index (χ1n) is 7.63. The third kappa shape index (κ3) is 4.33. The summed E-state index contributed by atoms with van der Waals surface area (Å²) in [6.45, 7) is 2.77. The van der Waals surface area contributed by atoms with Crippen molar-refractivity contribution in [2.24, 2.45) is 5.73 Å². The number of rotatable bonds is 7. The maximum atomic E-state index is 6.00. The lowest BCUT2D eigenvalue weighted by Gasteiger charge is -2.19. The van der Waals surface area contributed by atoms with E-state index in [1.54, 1.807) is 7.11 Å². The van der Waals surface area contributed by atoms with E-state index >= 15 is 0 Å². The molecule has 0 spiro atoms. The highest BCUT2D eigenvalue weighted by atomic mass is 16.5. The fourth-order valence-corrected chi connectivity index (χ4v) is 2.77. The Morgan fingerprint density at radius 3 is 2.52 bits per heavy atom. The Bertz CT molecular complexity index is 551. The summed E-state index contributed by atoms with van der Waals surface area (Å²) in [5.74, 6) is 1.32. The Morgan fingerprint density at radius 2 is 1.86 bits per heavy atom. The van der Waals surface area contributed by atoms with E-state index in [0.717, 1.165) is 25.0 Å². The highest BCUT2D eigenvalue weighted by Crippen LogP contribution is 2.30. The van der Waals surface area contributed by atoms with Gasteiger partial charge in [-0.15, -0.1) is 0 Å². The first kappa shape index (κ1) is 15.6. The first-order valence-corrected chi connectivity index (χ1v) is 7.63. The molecule has 2 heteroatoms. The second kappa shape index (κ2) is 7.84. The average Bonchev–Trinajstić information content (AvgIpc) is 2.52. The predicted molar refractivity (Wildman–Crippen MR) is 88.9 cm³/mol. The van der Waals surface area contributed by atoms with Crippen LogP contribution in [0.1, 0.15) is 35.4 Å². The minimum Gasteiger partial charge on any atom is -0.496 e. The number of hydrogen-bond acceptors (Lipinski definition) is 2. The van der Waals surface area contributed by atoms with E-state index in [9.17, 15) is 0 Å². The Hall–Kier alpha value is -1.80. The van der Waals surface area contributed by atoms with E-state index < -0.39 is 0 Å². The maximum absolute atomic E-state index is 6.00. The summed E-state index contributed by atoms with van der Waals surface area (Å²) in [6.07, 6.45) is 3.33. The number of nitrogens with two attached hydrogens (primary N) is 1. The van der Waals surface area contributed by atoms with Gasteiger partial charge in [0.15, 0.2) is 0 Å². The molecule has 21 heavy (non-hydrogen) atoms. The molecule has 0 bridgehead atoms. The monoisotopic (exact) mass is 283 g/mol. The Labute approximate surface area is 127 Å². The minimum atomic E-state index is 0.364. The van der Waals surface area contributed by atoms with E-state index in [0.29, 0.717) is 12.5 Å². The van der Waals surface area contributed by atoms with Gasteiger partial charge >= 0.3 is 0 Å². The zero-order valence-corrected chi connectivity index (χ0v) is 13.0. The van der Waals surface area contributed by atoms with Crippen LogP contribution in [0.3, 0.4) is 0 Å². The van der Waals surface area contributed by atoms with Crippen LogP contribution in [0, 0.1) is 6.92 Å². The summed E-state index contributed by atoms with van der Waals surface area (Å²) in [4.78, 5) is 0. The van der Waals surface area contributed by atoms with Crippen molar-refractivity contribution in [3.63, 3.8) is 0 Å². The van der Waals surface area contributed by atoms with E-state index in [1.165, 1.54) is 16.7 Å². The van der Waals surface area contributed by atoms with Crippen LogP contribution in [0.25, 0.3) is 0 Å². The van der Waals surface area contributed by atoms with E-state index in [-0.39, 0.29) is 0 Å². The van der Waals surface area contributed by atoms with Crippen LogP contribution in [0.5, 0.6) is 5.75 Å². The molecule has 1 unspecified atom stereocenters. The average molecular weight is 283 g/mol. The third-order valence-electron chi connectivity index (χ3n) is 3.97. The smallest absolute Gasteiger partial charge is 0.122 e. The summed E-state index contributed by atoms with van der Waals surface area (Å²) >= 11 is 0. The fourth-order valence-electron chi connectivity index (χ4n) is 2.77. The number of hydrogen-bond donors (Lipinski definition) is 1. The van der Waals surface area contributed by atoms with Crippen LogP contribution in [0.4, 0.5) is 0 Å². The molecule has 2 nitrogen and oxygen atoms in total. The Balaban J connectivity index is 2.01. The van der Waals surface area contributed by atoms with E-state index in [4.69, 9.17) is 10.5 Å². The van der Waals surface area contributed by atoms with Gasteiger partial charge in [-0.3, -0.25) is 0 Å². The van der Waals surface area contributed by atoms with E-state index in [1.807, 2.05) is 6.07 Å². The largest absolute Gasteiger partial charge is 0.496 e. The first-order chi connectivity index (χ1) is 10.2. The molecule has 2 rings (SSSR count). The van der Waals surface area contributed by atoms with Crippen LogP contribution >= 0.6 is 0 Å². The molecule has 2 aromatic rings. The summed E-state index contributed by atoms with van der Waals surface area (Å²) in [7, 11) is 1.73. The standard InChI is InChI=1S/C19H25NO/c1-15-11-12-19(21-2)18(13-15)17(14-20)10-6-9-16-7-4-3-5-8-16/h3-5,7-8,11-13,17H,6,9-10,14,20H2,1-2H3.